The highest BCUT2D eigenvalue weighted by molar-refractivity contribution is 6.17. The van der Waals surface area contributed by atoms with Crippen molar-refractivity contribution in [3.8, 4) is 11.5 Å². The van der Waals surface area contributed by atoms with Gasteiger partial charge in [0.25, 0.3) is 0 Å². The lowest BCUT2D eigenvalue weighted by Gasteiger charge is -2.12. The lowest BCUT2D eigenvalue weighted by Crippen LogP contribution is -1.99. The summed E-state index contributed by atoms with van der Waals surface area (Å²) in [4.78, 5) is 0. The van der Waals surface area contributed by atoms with Crippen molar-refractivity contribution in [3.63, 3.8) is 0 Å². The van der Waals surface area contributed by atoms with E-state index < -0.39 is 0 Å². The number of fused-ring (bicyclic) bond motifs is 1. The van der Waals surface area contributed by atoms with Gasteiger partial charge in [0.1, 0.15) is 11.5 Å². The molecular weight excluding hydrogens is 272 g/mol. The zero-order valence-electron chi connectivity index (χ0n) is 11.9. The van der Waals surface area contributed by atoms with Crippen molar-refractivity contribution in [2.24, 2.45) is 0 Å². The molecule has 0 heterocycles. The second kappa shape index (κ2) is 8.01. The van der Waals surface area contributed by atoms with Crippen molar-refractivity contribution >= 4 is 22.4 Å². The van der Waals surface area contributed by atoms with Gasteiger partial charge in [0.2, 0.25) is 0 Å². The molecule has 2 aromatic rings. The second-order valence-corrected chi connectivity index (χ2v) is 5.02. The molecule has 0 spiro atoms. The van der Waals surface area contributed by atoms with Crippen LogP contribution in [-0.2, 0) is 0 Å². The van der Waals surface area contributed by atoms with Crippen molar-refractivity contribution in [1.29, 1.82) is 0 Å². The van der Waals surface area contributed by atoms with Crippen LogP contribution in [0.15, 0.2) is 36.4 Å². The maximum absolute atomic E-state index is 5.90. The summed E-state index contributed by atoms with van der Waals surface area (Å²) in [5.74, 6) is 2.57. The molecular formula is C17H21ClO2. The zero-order chi connectivity index (χ0) is 14.2. The van der Waals surface area contributed by atoms with Crippen LogP contribution in [0, 0.1) is 0 Å². The Morgan fingerprint density at radius 1 is 0.850 bits per heavy atom. The summed E-state index contributed by atoms with van der Waals surface area (Å²) in [6.07, 6.45) is 3.20. The highest BCUT2D eigenvalue weighted by Gasteiger charge is 2.07. The average Bonchev–Trinajstić information content (AvgIpc) is 2.49. The number of hydrogen-bond donors (Lipinski definition) is 0. The molecule has 0 aromatic heterocycles. The minimum atomic E-state index is 0.669. The molecule has 0 unspecified atom stereocenters. The Morgan fingerprint density at radius 3 is 2.10 bits per heavy atom. The molecule has 0 amide bonds. The predicted molar refractivity (Wildman–Crippen MR) is 85.2 cm³/mol. The highest BCUT2D eigenvalue weighted by atomic mass is 35.5. The van der Waals surface area contributed by atoms with Gasteiger partial charge in [-0.3, -0.25) is 0 Å². The Labute approximate surface area is 125 Å². The number of unbranched alkanes of at least 4 members (excludes halogenated alkanes) is 2. The fourth-order valence-electron chi connectivity index (χ4n) is 2.21. The van der Waals surface area contributed by atoms with Crippen LogP contribution in [-0.4, -0.2) is 19.1 Å². The number of rotatable bonds is 8. The summed E-state index contributed by atoms with van der Waals surface area (Å²) in [7, 11) is 0. The van der Waals surface area contributed by atoms with Crippen LogP contribution in [0.5, 0.6) is 11.5 Å². The smallest absolute Gasteiger partial charge is 0.127 e. The van der Waals surface area contributed by atoms with Crippen molar-refractivity contribution in [2.75, 3.05) is 19.1 Å². The first kappa shape index (κ1) is 15.0. The summed E-state index contributed by atoms with van der Waals surface area (Å²) in [6, 6.07) is 12.2. The van der Waals surface area contributed by atoms with Crippen molar-refractivity contribution in [1.82, 2.24) is 0 Å². The predicted octanol–water partition coefficient (Wildman–Crippen LogP) is 5.03. The number of benzene rings is 2. The molecule has 2 nitrogen and oxygen atoms in total. The third kappa shape index (κ3) is 3.80. The van der Waals surface area contributed by atoms with E-state index in [0.717, 1.165) is 54.0 Å². The minimum Gasteiger partial charge on any atom is -0.493 e. The summed E-state index contributed by atoms with van der Waals surface area (Å²) >= 11 is 5.67. The molecule has 0 N–H and O–H groups in total. The largest absolute Gasteiger partial charge is 0.493 e. The van der Waals surface area contributed by atoms with Gasteiger partial charge in [-0.05, 0) is 38.3 Å². The Balaban J connectivity index is 2.11. The van der Waals surface area contributed by atoms with E-state index in [1.165, 1.54) is 0 Å². The van der Waals surface area contributed by atoms with E-state index in [9.17, 15) is 0 Å². The Morgan fingerprint density at radius 2 is 1.50 bits per heavy atom. The van der Waals surface area contributed by atoms with E-state index >= 15 is 0 Å². The van der Waals surface area contributed by atoms with E-state index in [1.807, 2.05) is 31.2 Å². The quantitative estimate of drug-likeness (QED) is 0.502. The molecule has 0 saturated heterocycles. The van der Waals surface area contributed by atoms with Gasteiger partial charge in [0.05, 0.1) is 13.2 Å². The fourth-order valence-corrected chi connectivity index (χ4v) is 2.40. The van der Waals surface area contributed by atoms with Gasteiger partial charge in [0.15, 0.2) is 0 Å². The molecule has 0 atom stereocenters. The third-order valence-corrected chi connectivity index (χ3v) is 3.45. The van der Waals surface area contributed by atoms with E-state index in [2.05, 4.69) is 12.1 Å². The first-order chi connectivity index (χ1) is 9.86. The first-order valence-electron chi connectivity index (χ1n) is 7.20. The normalized spacial score (nSPS) is 10.7. The summed E-state index contributed by atoms with van der Waals surface area (Å²) in [5.41, 5.74) is 0. The second-order valence-electron chi connectivity index (χ2n) is 4.64. The number of ether oxygens (including phenoxy) is 2. The average molecular weight is 293 g/mol. The molecule has 0 radical (unpaired) electrons. The lowest BCUT2D eigenvalue weighted by atomic mass is 10.1. The van der Waals surface area contributed by atoms with Gasteiger partial charge in [-0.2, -0.15) is 0 Å². The van der Waals surface area contributed by atoms with Gasteiger partial charge in [-0.1, -0.05) is 24.3 Å². The van der Waals surface area contributed by atoms with Crippen LogP contribution in [0.3, 0.4) is 0 Å². The summed E-state index contributed by atoms with van der Waals surface area (Å²) < 4.78 is 11.6. The van der Waals surface area contributed by atoms with Crippen LogP contribution in [0.4, 0.5) is 0 Å². The molecule has 2 rings (SSSR count). The molecule has 0 aliphatic rings. The van der Waals surface area contributed by atoms with Crippen LogP contribution >= 0.6 is 11.6 Å². The Hall–Kier alpha value is -1.41. The van der Waals surface area contributed by atoms with Gasteiger partial charge in [0, 0.05) is 16.7 Å². The zero-order valence-corrected chi connectivity index (χ0v) is 12.7. The van der Waals surface area contributed by atoms with Gasteiger partial charge in [-0.25, -0.2) is 0 Å². The van der Waals surface area contributed by atoms with Crippen molar-refractivity contribution in [3.05, 3.63) is 36.4 Å². The standard InChI is InChI=1S/C17H21ClO2/c1-2-19-16-10-11-17(20-13-7-3-6-12-18)15-9-5-4-8-14(15)16/h4-5,8-11H,2-3,6-7,12-13H2,1H3. The molecule has 3 heteroatoms. The molecule has 20 heavy (non-hydrogen) atoms. The minimum absolute atomic E-state index is 0.669. The SMILES string of the molecule is CCOc1ccc(OCCCCCCl)c2ccccc12. The highest BCUT2D eigenvalue weighted by Crippen LogP contribution is 2.33. The van der Waals surface area contributed by atoms with Crippen LogP contribution < -0.4 is 9.47 Å². The van der Waals surface area contributed by atoms with Crippen molar-refractivity contribution < 1.29 is 9.47 Å². The van der Waals surface area contributed by atoms with Crippen LogP contribution in [0.2, 0.25) is 0 Å². The van der Waals surface area contributed by atoms with E-state index in [1.54, 1.807) is 0 Å². The molecule has 0 bridgehead atoms. The van der Waals surface area contributed by atoms with Crippen LogP contribution in [0.25, 0.3) is 10.8 Å². The number of halogens is 1. The first-order valence-corrected chi connectivity index (χ1v) is 7.73. The maximum atomic E-state index is 5.90. The van der Waals surface area contributed by atoms with E-state index in [0.29, 0.717) is 6.61 Å². The molecule has 2 aromatic carbocycles. The molecule has 0 aliphatic heterocycles. The maximum Gasteiger partial charge on any atom is 0.127 e. The molecule has 0 aliphatic carbocycles. The molecule has 108 valence electrons. The number of alkyl halides is 1. The Bertz CT molecular complexity index is 540. The lowest BCUT2D eigenvalue weighted by molar-refractivity contribution is 0.308. The van der Waals surface area contributed by atoms with Gasteiger partial charge in [-0.15, -0.1) is 11.6 Å². The Kier molecular flexibility index (Phi) is 6.00. The fraction of sp³-hybridized carbons (Fsp3) is 0.412. The van der Waals surface area contributed by atoms with Crippen LogP contribution in [0.1, 0.15) is 26.2 Å². The van der Waals surface area contributed by atoms with E-state index in [-0.39, 0.29) is 0 Å². The number of hydrogen-bond acceptors (Lipinski definition) is 2. The van der Waals surface area contributed by atoms with Gasteiger partial charge < -0.3 is 9.47 Å². The summed E-state index contributed by atoms with van der Waals surface area (Å²) in [5, 5.41) is 2.21. The third-order valence-electron chi connectivity index (χ3n) is 3.18. The molecule has 0 saturated carbocycles. The van der Waals surface area contributed by atoms with E-state index in [4.69, 9.17) is 21.1 Å². The molecule has 0 fully saturated rings. The summed E-state index contributed by atoms with van der Waals surface area (Å²) in [6.45, 7) is 3.40. The van der Waals surface area contributed by atoms with Crippen molar-refractivity contribution in [2.45, 2.75) is 26.2 Å². The van der Waals surface area contributed by atoms with Gasteiger partial charge >= 0.3 is 0 Å². The topological polar surface area (TPSA) is 18.5 Å². The monoisotopic (exact) mass is 292 g/mol.